The quantitative estimate of drug-likeness (QED) is 0.604. The molecule has 0 bridgehead atoms. The third-order valence-electron chi connectivity index (χ3n) is 2.92. The number of hydrogen-bond donors (Lipinski definition) is 1. The number of amides is 2. The number of para-hydroxylation sites is 1. The Bertz CT molecular complexity index is 426. The molecule has 1 unspecified atom stereocenters. The fourth-order valence-electron chi connectivity index (χ4n) is 2.06. The molecule has 4 heteroatoms. The Labute approximate surface area is 94.0 Å². The minimum absolute atomic E-state index is 0.110. The van der Waals surface area contributed by atoms with E-state index in [2.05, 4.69) is 0 Å². The van der Waals surface area contributed by atoms with E-state index in [1.165, 1.54) is 4.90 Å². The van der Waals surface area contributed by atoms with E-state index in [0.29, 0.717) is 18.5 Å². The fraction of sp³-hybridized carbons (Fsp3) is 0.333. The van der Waals surface area contributed by atoms with Crippen molar-refractivity contribution in [2.45, 2.75) is 25.8 Å². The predicted octanol–water partition coefficient (Wildman–Crippen LogP) is 1.48. The molecule has 4 nitrogen and oxygen atoms in total. The van der Waals surface area contributed by atoms with Gasteiger partial charge in [-0.3, -0.25) is 14.5 Å². The molecule has 1 saturated heterocycles. The zero-order valence-corrected chi connectivity index (χ0v) is 9.14. The van der Waals surface area contributed by atoms with Crippen LogP contribution in [0.1, 0.15) is 31.4 Å². The van der Waals surface area contributed by atoms with Gasteiger partial charge in [0, 0.05) is 18.5 Å². The van der Waals surface area contributed by atoms with Crippen molar-refractivity contribution in [1.82, 2.24) is 4.90 Å². The van der Waals surface area contributed by atoms with E-state index in [1.807, 2.05) is 25.1 Å². The molecule has 0 spiro atoms. The van der Waals surface area contributed by atoms with Crippen LogP contribution in [0.4, 0.5) is 5.69 Å². The largest absolute Gasteiger partial charge is 0.398 e. The van der Waals surface area contributed by atoms with Crippen molar-refractivity contribution in [2.24, 2.45) is 0 Å². The third-order valence-corrected chi connectivity index (χ3v) is 2.92. The molecule has 16 heavy (non-hydrogen) atoms. The van der Waals surface area contributed by atoms with Crippen molar-refractivity contribution < 1.29 is 9.59 Å². The molecule has 2 amide bonds. The van der Waals surface area contributed by atoms with Crippen LogP contribution >= 0.6 is 0 Å². The number of anilines is 1. The van der Waals surface area contributed by atoms with Gasteiger partial charge in [0.2, 0.25) is 11.8 Å². The standard InChI is InChI=1S/C12H14N2O2/c1-8(9-4-2-3-5-10(9)13)14-11(15)6-7-12(14)16/h2-5,8H,6-7,13H2,1H3. The van der Waals surface area contributed by atoms with Crippen molar-refractivity contribution in [3.63, 3.8) is 0 Å². The van der Waals surface area contributed by atoms with Crippen molar-refractivity contribution in [2.75, 3.05) is 5.73 Å². The van der Waals surface area contributed by atoms with Crippen LogP contribution in [0, 0.1) is 0 Å². The molecule has 1 atom stereocenters. The summed E-state index contributed by atoms with van der Waals surface area (Å²) >= 11 is 0. The van der Waals surface area contributed by atoms with Crippen molar-refractivity contribution >= 4 is 17.5 Å². The smallest absolute Gasteiger partial charge is 0.230 e. The number of hydrogen-bond acceptors (Lipinski definition) is 3. The Kier molecular flexibility index (Phi) is 2.64. The lowest BCUT2D eigenvalue weighted by molar-refractivity contribution is -0.140. The summed E-state index contributed by atoms with van der Waals surface area (Å²) < 4.78 is 0. The van der Waals surface area contributed by atoms with Crippen molar-refractivity contribution in [3.05, 3.63) is 29.8 Å². The van der Waals surface area contributed by atoms with Gasteiger partial charge < -0.3 is 5.73 Å². The number of carbonyl (C=O) groups is 2. The second-order valence-corrected chi connectivity index (χ2v) is 3.96. The SMILES string of the molecule is CC(c1ccccc1N)N1C(=O)CCC1=O. The molecule has 1 aromatic rings. The maximum absolute atomic E-state index is 11.6. The second-order valence-electron chi connectivity index (χ2n) is 3.96. The summed E-state index contributed by atoms with van der Waals surface area (Å²) in [7, 11) is 0. The Balaban J connectivity index is 2.32. The molecule has 2 N–H and O–H groups in total. The van der Waals surface area contributed by atoms with Crippen LogP contribution < -0.4 is 5.73 Å². The summed E-state index contributed by atoms with van der Waals surface area (Å²) in [6.45, 7) is 1.83. The van der Waals surface area contributed by atoms with Gasteiger partial charge in [0.25, 0.3) is 0 Å². The second kappa shape index (κ2) is 3.96. The molecule has 0 radical (unpaired) electrons. The van der Waals surface area contributed by atoms with Crippen LogP contribution in [0.15, 0.2) is 24.3 Å². The van der Waals surface area contributed by atoms with Gasteiger partial charge in [0.1, 0.15) is 0 Å². The van der Waals surface area contributed by atoms with Crippen LogP contribution in [0.3, 0.4) is 0 Å². The van der Waals surface area contributed by atoms with E-state index < -0.39 is 0 Å². The highest BCUT2D eigenvalue weighted by Crippen LogP contribution is 2.29. The van der Waals surface area contributed by atoms with E-state index in [0.717, 1.165) is 5.56 Å². The first-order valence-electron chi connectivity index (χ1n) is 5.30. The van der Waals surface area contributed by atoms with Crippen LogP contribution in [0.2, 0.25) is 0 Å². The molecular formula is C12H14N2O2. The molecule has 1 aliphatic heterocycles. The number of benzene rings is 1. The van der Waals surface area contributed by atoms with E-state index >= 15 is 0 Å². The Morgan fingerprint density at radius 2 is 1.75 bits per heavy atom. The van der Waals surface area contributed by atoms with Gasteiger partial charge >= 0.3 is 0 Å². The number of rotatable bonds is 2. The molecule has 1 aromatic carbocycles. The molecular weight excluding hydrogens is 204 g/mol. The lowest BCUT2D eigenvalue weighted by Crippen LogP contribution is -2.32. The summed E-state index contributed by atoms with van der Waals surface area (Å²) in [4.78, 5) is 24.5. The normalized spacial score (nSPS) is 17.9. The first-order chi connectivity index (χ1) is 7.61. The number of imide groups is 1. The topological polar surface area (TPSA) is 63.4 Å². The van der Waals surface area contributed by atoms with Crippen LogP contribution in [-0.2, 0) is 9.59 Å². The Hall–Kier alpha value is -1.84. The summed E-state index contributed by atoms with van der Waals surface area (Å²) in [6, 6.07) is 7.03. The van der Waals surface area contributed by atoms with Gasteiger partial charge in [-0.25, -0.2) is 0 Å². The minimum Gasteiger partial charge on any atom is -0.398 e. The highest BCUT2D eigenvalue weighted by Gasteiger charge is 2.33. The zero-order chi connectivity index (χ0) is 11.7. The maximum Gasteiger partial charge on any atom is 0.230 e. The lowest BCUT2D eigenvalue weighted by atomic mass is 10.1. The zero-order valence-electron chi connectivity index (χ0n) is 9.14. The van der Waals surface area contributed by atoms with Gasteiger partial charge in [-0.05, 0) is 18.6 Å². The number of nitrogens with zero attached hydrogens (tertiary/aromatic N) is 1. The molecule has 0 aliphatic carbocycles. The predicted molar refractivity (Wildman–Crippen MR) is 60.4 cm³/mol. The number of nitrogen functional groups attached to an aromatic ring is 1. The molecule has 2 rings (SSSR count). The summed E-state index contributed by atoms with van der Waals surface area (Å²) in [5, 5.41) is 0. The Morgan fingerprint density at radius 1 is 1.19 bits per heavy atom. The van der Waals surface area contributed by atoms with Crippen LogP contribution in [0.5, 0.6) is 0 Å². The van der Waals surface area contributed by atoms with Crippen LogP contribution in [0.25, 0.3) is 0 Å². The van der Waals surface area contributed by atoms with E-state index in [9.17, 15) is 9.59 Å². The number of carbonyl (C=O) groups excluding carboxylic acids is 2. The highest BCUT2D eigenvalue weighted by molar-refractivity contribution is 6.02. The van der Waals surface area contributed by atoms with Gasteiger partial charge in [0.05, 0.1) is 6.04 Å². The van der Waals surface area contributed by atoms with Gasteiger partial charge in [-0.15, -0.1) is 0 Å². The van der Waals surface area contributed by atoms with Gasteiger partial charge in [-0.2, -0.15) is 0 Å². The number of likely N-dealkylation sites (tertiary alicyclic amines) is 1. The van der Waals surface area contributed by atoms with E-state index in [1.54, 1.807) is 6.07 Å². The highest BCUT2D eigenvalue weighted by atomic mass is 16.2. The van der Waals surface area contributed by atoms with E-state index in [4.69, 9.17) is 5.73 Å². The monoisotopic (exact) mass is 218 g/mol. The fourth-order valence-corrected chi connectivity index (χ4v) is 2.06. The molecule has 84 valence electrons. The van der Waals surface area contributed by atoms with Gasteiger partial charge in [0.15, 0.2) is 0 Å². The Morgan fingerprint density at radius 3 is 2.31 bits per heavy atom. The minimum atomic E-state index is -0.274. The van der Waals surface area contributed by atoms with Crippen molar-refractivity contribution in [3.8, 4) is 0 Å². The average molecular weight is 218 g/mol. The van der Waals surface area contributed by atoms with Crippen molar-refractivity contribution in [1.29, 1.82) is 0 Å². The molecule has 1 fully saturated rings. The molecule has 1 heterocycles. The summed E-state index contributed by atoms with van der Waals surface area (Å²) in [5.74, 6) is -0.221. The number of nitrogens with two attached hydrogens (primary N) is 1. The first kappa shape index (κ1) is 10.7. The summed E-state index contributed by atoms with van der Waals surface area (Å²) in [5.41, 5.74) is 7.27. The average Bonchev–Trinajstić information content (AvgIpc) is 2.58. The maximum atomic E-state index is 11.6. The molecule has 0 aromatic heterocycles. The van der Waals surface area contributed by atoms with Crippen LogP contribution in [-0.4, -0.2) is 16.7 Å². The van der Waals surface area contributed by atoms with E-state index in [-0.39, 0.29) is 17.9 Å². The summed E-state index contributed by atoms with van der Waals surface area (Å²) in [6.07, 6.45) is 0.631. The molecule has 1 aliphatic rings. The van der Waals surface area contributed by atoms with Gasteiger partial charge in [-0.1, -0.05) is 18.2 Å². The first-order valence-corrected chi connectivity index (χ1v) is 5.30. The molecule has 0 saturated carbocycles. The third kappa shape index (κ3) is 1.66. The lowest BCUT2D eigenvalue weighted by Gasteiger charge is -2.23.